The zero-order valence-electron chi connectivity index (χ0n) is 25.0. The second-order valence-electron chi connectivity index (χ2n) is 11.3. The molecule has 0 unspecified atom stereocenters. The van der Waals surface area contributed by atoms with Crippen molar-refractivity contribution in [3.8, 4) is 0 Å². The normalized spacial score (nSPS) is 16.4. The van der Waals surface area contributed by atoms with Gasteiger partial charge in [0.2, 0.25) is 5.91 Å². The maximum absolute atomic E-state index is 13.7. The number of hydrogen-bond acceptors (Lipinski definition) is 7. The molecule has 3 atom stereocenters. The standard InChI is InChI=1S/C31H39FN6O6/c1-31(2,3)44-30(43)36-25(20-13-15-22(32)16-14-20)28(42)38-18-8-12-24(38)27(41)35-23(19-39)11-7-17-34-29(33)37-26(40)21-9-5-4-6-10-21/h4-6,9-10,13-16,19,23-25H,7-8,11-12,17-18H2,1-3H3,(H,35,41)(H,36,43)(H3,33,34,37,40)/t23-,24-,25-/m0/s1. The summed E-state index contributed by atoms with van der Waals surface area (Å²) in [6, 6.07) is 10.7. The smallest absolute Gasteiger partial charge is 0.408 e. The maximum atomic E-state index is 13.7. The molecule has 1 heterocycles. The van der Waals surface area contributed by atoms with Gasteiger partial charge in [-0.05, 0) is 76.3 Å². The number of benzene rings is 2. The minimum absolute atomic E-state index is 0.0682. The minimum Gasteiger partial charge on any atom is -0.444 e. The van der Waals surface area contributed by atoms with Crippen LogP contribution in [0.4, 0.5) is 9.18 Å². The largest absolute Gasteiger partial charge is 0.444 e. The second kappa shape index (κ2) is 15.6. The number of nitrogens with one attached hydrogen (secondary N) is 3. The van der Waals surface area contributed by atoms with Gasteiger partial charge in [0.25, 0.3) is 11.8 Å². The van der Waals surface area contributed by atoms with Gasteiger partial charge in [-0.25, -0.2) is 9.18 Å². The molecule has 3 rings (SSSR count). The predicted octanol–water partition coefficient (Wildman–Crippen LogP) is 2.59. The van der Waals surface area contributed by atoms with Crippen molar-refractivity contribution in [3.05, 3.63) is 71.5 Å². The van der Waals surface area contributed by atoms with Crippen molar-refractivity contribution in [2.24, 2.45) is 10.7 Å². The monoisotopic (exact) mass is 610 g/mol. The zero-order chi connectivity index (χ0) is 32.3. The van der Waals surface area contributed by atoms with E-state index in [-0.39, 0.29) is 25.5 Å². The minimum atomic E-state index is -1.23. The Bertz CT molecular complexity index is 1350. The highest BCUT2D eigenvalue weighted by Crippen LogP contribution is 2.25. The molecule has 2 aromatic carbocycles. The molecule has 0 radical (unpaired) electrons. The van der Waals surface area contributed by atoms with E-state index in [2.05, 4.69) is 20.9 Å². The van der Waals surface area contributed by atoms with Crippen molar-refractivity contribution in [1.29, 1.82) is 0 Å². The molecule has 13 heteroatoms. The molecule has 1 aliphatic rings. The van der Waals surface area contributed by atoms with Crippen LogP contribution < -0.4 is 21.7 Å². The number of likely N-dealkylation sites (tertiary alicyclic amines) is 1. The topological polar surface area (TPSA) is 172 Å². The molecule has 0 spiro atoms. The number of halogens is 1. The van der Waals surface area contributed by atoms with Gasteiger partial charge in [-0.2, -0.15) is 0 Å². The van der Waals surface area contributed by atoms with Gasteiger partial charge in [0.05, 0.1) is 6.04 Å². The molecule has 0 aliphatic carbocycles. The van der Waals surface area contributed by atoms with Crippen LogP contribution in [0, 0.1) is 5.82 Å². The van der Waals surface area contributed by atoms with E-state index in [1.54, 1.807) is 51.1 Å². The Kier molecular flexibility index (Phi) is 11.9. The number of aliphatic imine (C=N–C) groups is 1. The summed E-state index contributed by atoms with van der Waals surface area (Å²) < 4.78 is 18.9. The molecule has 1 aliphatic heterocycles. The van der Waals surface area contributed by atoms with Crippen LogP contribution in [0.5, 0.6) is 0 Å². The first kappa shape index (κ1) is 33.7. The quantitative estimate of drug-likeness (QED) is 0.131. The third-order valence-corrected chi connectivity index (χ3v) is 6.67. The van der Waals surface area contributed by atoms with Crippen LogP contribution in [0.1, 0.15) is 68.4 Å². The molecular weight excluding hydrogens is 571 g/mol. The number of hydrogen-bond donors (Lipinski definition) is 4. The van der Waals surface area contributed by atoms with Crippen molar-refractivity contribution in [1.82, 2.24) is 20.9 Å². The summed E-state index contributed by atoms with van der Waals surface area (Å²) in [6.07, 6.45) is 1.27. The Morgan fingerprint density at radius 2 is 1.77 bits per heavy atom. The summed E-state index contributed by atoms with van der Waals surface area (Å²) in [5.41, 5.74) is 5.71. The molecular formula is C31H39FN6O6. The van der Waals surface area contributed by atoms with Gasteiger partial charge < -0.3 is 30.8 Å². The first-order valence-electron chi connectivity index (χ1n) is 14.4. The zero-order valence-corrected chi connectivity index (χ0v) is 25.0. The average molecular weight is 611 g/mol. The predicted molar refractivity (Wildman–Crippen MR) is 161 cm³/mol. The number of carbonyl (C=O) groups is 5. The number of nitrogens with zero attached hydrogens (tertiary/aromatic N) is 2. The van der Waals surface area contributed by atoms with Crippen LogP contribution in [0.2, 0.25) is 0 Å². The summed E-state index contributed by atoms with van der Waals surface area (Å²) in [6.45, 7) is 5.48. The third kappa shape index (κ3) is 10.2. The van der Waals surface area contributed by atoms with Gasteiger partial charge in [0.1, 0.15) is 29.8 Å². The maximum Gasteiger partial charge on any atom is 0.408 e. The number of nitrogens with two attached hydrogens (primary N) is 1. The summed E-state index contributed by atoms with van der Waals surface area (Å²) >= 11 is 0. The molecule has 0 bridgehead atoms. The van der Waals surface area contributed by atoms with Crippen LogP contribution in [-0.2, 0) is 19.1 Å². The van der Waals surface area contributed by atoms with E-state index in [4.69, 9.17) is 10.5 Å². The van der Waals surface area contributed by atoms with Gasteiger partial charge in [-0.15, -0.1) is 0 Å². The molecule has 1 fully saturated rings. The van der Waals surface area contributed by atoms with Crippen molar-refractivity contribution >= 4 is 36.1 Å². The van der Waals surface area contributed by atoms with Gasteiger partial charge >= 0.3 is 6.09 Å². The number of carbonyl (C=O) groups excluding carboxylic acids is 5. The molecule has 2 aromatic rings. The number of rotatable bonds is 11. The SMILES string of the molecule is CC(C)(C)OC(=O)N[C@H](C(=O)N1CCC[C@H]1C(=O)N[C@H](C=O)CCCN=C(N)NC(=O)c1ccccc1)c1ccc(F)cc1. The van der Waals surface area contributed by atoms with Crippen molar-refractivity contribution in [3.63, 3.8) is 0 Å². The fraction of sp³-hybridized carbons (Fsp3) is 0.419. The third-order valence-electron chi connectivity index (χ3n) is 6.67. The van der Waals surface area contributed by atoms with Crippen molar-refractivity contribution in [2.45, 2.75) is 70.2 Å². The summed E-state index contributed by atoms with van der Waals surface area (Å²) in [5, 5.41) is 7.72. The number of ether oxygens (including phenoxy) is 1. The molecule has 1 saturated heterocycles. The number of amides is 4. The fourth-order valence-corrected chi connectivity index (χ4v) is 4.62. The lowest BCUT2D eigenvalue weighted by Crippen LogP contribution is -2.52. The number of aldehydes is 1. The van der Waals surface area contributed by atoms with Gasteiger partial charge in [0.15, 0.2) is 5.96 Å². The van der Waals surface area contributed by atoms with E-state index in [1.807, 2.05) is 0 Å². The molecule has 4 amide bonds. The van der Waals surface area contributed by atoms with E-state index in [0.29, 0.717) is 36.7 Å². The highest BCUT2D eigenvalue weighted by molar-refractivity contribution is 6.05. The molecule has 0 saturated carbocycles. The Balaban J connectivity index is 1.59. The first-order valence-corrected chi connectivity index (χ1v) is 14.4. The van der Waals surface area contributed by atoms with Crippen LogP contribution in [0.15, 0.2) is 59.6 Å². The molecule has 0 aromatic heterocycles. The van der Waals surface area contributed by atoms with E-state index in [1.165, 1.54) is 29.2 Å². The Morgan fingerprint density at radius 3 is 2.41 bits per heavy atom. The van der Waals surface area contributed by atoms with Crippen LogP contribution >= 0.6 is 0 Å². The van der Waals surface area contributed by atoms with Crippen molar-refractivity contribution in [2.75, 3.05) is 13.1 Å². The van der Waals surface area contributed by atoms with Crippen LogP contribution in [0.25, 0.3) is 0 Å². The summed E-state index contributed by atoms with van der Waals surface area (Å²) in [4.78, 5) is 68.9. The van der Waals surface area contributed by atoms with E-state index < -0.39 is 53.4 Å². The molecule has 5 N–H and O–H groups in total. The van der Waals surface area contributed by atoms with E-state index >= 15 is 0 Å². The van der Waals surface area contributed by atoms with Gasteiger partial charge in [-0.1, -0.05) is 30.3 Å². The molecule has 44 heavy (non-hydrogen) atoms. The summed E-state index contributed by atoms with van der Waals surface area (Å²) in [7, 11) is 0. The summed E-state index contributed by atoms with van der Waals surface area (Å²) in [5.74, 6) is -2.06. The number of alkyl carbamates (subject to hydrolysis) is 1. The Morgan fingerprint density at radius 1 is 1.09 bits per heavy atom. The van der Waals surface area contributed by atoms with Crippen LogP contribution in [0.3, 0.4) is 0 Å². The van der Waals surface area contributed by atoms with Gasteiger partial charge in [0, 0.05) is 18.7 Å². The molecule has 236 valence electrons. The molecule has 12 nitrogen and oxygen atoms in total. The Labute approximate surface area is 255 Å². The Hall–Kier alpha value is -4.81. The lowest BCUT2D eigenvalue weighted by molar-refractivity contribution is -0.140. The van der Waals surface area contributed by atoms with Crippen LogP contribution in [-0.4, -0.2) is 71.7 Å². The van der Waals surface area contributed by atoms with Gasteiger partial charge in [-0.3, -0.25) is 24.7 Å². The second-order valence-corrected chi connectivity index (χ2v) is 11.3. The van der Waals surface area contributed by atoms with Crippen molar-refractivity contribution < 1.29 is 33.1 Å². The lowest BCUT2D eigenvalue weighted by Gasteiger charge is -2.30. The van der Waals surface area contributed by atoms with E-state index in [9.17, 15) is 28.4 Å². The average Bonchev–Trinajstić information content (AvgIpc) is 3.47. The fourth-order valence-electron chi connectivity index (χ4n) is 4.62. The highest BCUT2D eigenvalue weighted by atomic mass is 19.1. The first-order chi connectivity index (χ1) is 20.9. The number of guanidine groups is 1. The highest BCUT2D eigenvalue weighted by Gasteiger charge is 2.39. The van der Waals surface area contributed by atoms with E-state index in [0.717, 1.165) is 0 Å². The lowest BCUT2D eigenvalue weighted by atomic mass is 10.0.